The molecule has 0 spiro atoms. The molecule has 368 valence electrons. The molecular weight excluding hydrogens is 907 g/mol. The largest absolute Gasteiger partial charge is 0.493 e. The van der Waals surface area contributed by atoms with Crippen molar-refractivity contribution < 1.29 is 48.0 Å². The van der Waals surface area contributed by atoms with Crippen LogP contribution in [0.1, 0.15) is 88.9 Å². The number of nitrogens with one attached hydrogen (secondary N) is 3. The number of para-hydroxylation sites is 2. The van der Waals surface area contributed by atoms with E-state index >= 15 is 0 Å². The molecule has 5 aromatic rings. The molecule has 3 aliphatic rings. The van der Waals surface area contributed by atoms with Gasteiger partial charge in [-0.3, -0.25) is 34.0 Å². The summed E-state index contributed by atoms with van der Waals surface area (Å²) in [6, 6.07) is 25.1. The second-order valence-electron chi connectivity index (χ2n) is 17.8. The van der Waals surface area contributed by atoms with Crippen LogP contribution in [0.15, 0.2) is 101 Å². The summed E-state index contributed by atoms with van der Waals surface area (Å²) in [5.74, 6) is -0.794. The fraction of sp³-hybridized carbons (Fsp3) is 0.315. The van der Waals surface area contributed by atoms with E-state index in [-0.39, 0.29) is 78.3 Å². The highest BCUT2D eigenvalue weighted by atomic mass is 16.5. The molecule has 17 heteroatoms. The molecule has 0 saturated heterocycles. The van der Waals surface area contributed by atoms with Gasteiger partial charge in [-0.25, -0.2) is 0 Å². The quantitative estimate of drug-likeness (QED) is 0.0684. The molecule has 0 saturated carbocycles. The zero-order chi connectivity index (χ0) is 50.5. The number of rotatable bonds is 18. The average molecular weight is 964 g/mol. The van der Waals surface area contributed by atoms with Gasteiger partial charge in [0.1, 0.15) is 31.1 Å². The zero-order valence-electron chi connectivity index (χ0n) is 40.5. The number of methoxy groups -OCH3 is 2. The van der Waals surface area contributed by atoms with Gasteiger partial charge in [0.15, 0.2) is 29.2 Å². The molecule has 1 unspecified atom stereocenters. The lowest BCUT2D eigenvalue weighted by molar-refractivity contribution is -0.129. The number of aliphatic imine (C=N–C) groups is 2. The number of hydrogen-bond donors (Lipinski definition) is 4. The van der Waals surface area contributed by atoms with E-state index in [1.807, 2.05) is 66.6 Å². The van der Waals surface area contributed by atoms with Crippen molar-refractivity contribution in [3.8, 4) is 23.0 Å². The molecule has 5 atom stereocenters. The van der Waals surface area contributed by atoms with E-state index in [9.17, 15) is 29.1 Å². The number of aliphatic hydroxyl groups excluding tert-OH is 1. The second-order valence-corrected chi connectivity index (χ2v) is 17.8. The first-order chi connectivity index (χ1) is 34.2. The summed E-state index contributed by atoms with van der Waals surface area (Å²) in [5.41, 5.74) is 6.83. The first-order valence-corrected chi connectivity index (χ1v) is 23.3. The third-order valence-electron chi connectivity index (χ3n) is 12.8. The van der Waals surface area contributed by atoms with Crippen molar-refractivity contribution in [3.63, 3.8) is 0 Å². The first-order valence-electron chi connectivity index (χ1n) is 23.3. The van der Waals surface area contributed by atoms with Crippen LogP contribution in [0.25, 0.3) is 0 Å². The van der Waals surface area contributed by atoms with Crippen LogP contribution < -0.4 is 44.7 Å². The first kappa shape index (κ1) is 49.4. The van der Waals surface area contributed by atoms with Gasteiger partial charge in [0.2, 0.25) is 11.8 Å². The third kappa shape index (κ3) is 10.6. The minimum Gasteiger partial charge on any atom is -0.493 e. The minimum absolute atomic E-state index is 0.0628. The summed E-state index contributed by atoms with van der Waals surface area (Å²) in [5, 5.41) is 19.7. The molecule has 0 aromatic heterocycles. The van der Waals surface area contributed by atoms with Gasteiger partial charge in [0.25, 0.3) is 11.8 Å². The van der Waals surface area contributed by atoms with Crippen LogP contribution in [-0.2, 0) is 40.4 Å². The summed E-state index contributed by atoms with van der Waals surface area (Å²) in [6.45, 7) is 10.1. The van der Waals surface area contributed by atoms with Crippen molar-refractivity contribution in [2.75, 3.05) is 30.6 Å². The van der Waals surface area contributed by atoms with Crippen molar-refractivity contribution in [1.82, 2.24) is 16.0 Å². The fourth-order valence-corrected chi connectivity index (χ4v) is 9.12. The van der Waals surface area contributed by atoms with E-state index in [1.165, 1.54) is 35.0 Å². The molecule has 5 aromatic carbocycles. The lowest BCUT2D eigenvalue weighted by Crippen LogP contribution is -2.51. The number of amides is 4. The molecule has 0 fully saturated rings. The predicted molar refractivity (Wildman–Crippen MR) is 269 cm³/mol. The molecule has 17 nitrogen and oxygen atoms in total. The molecule has 3 aliphatic heterocycles. The van der Waals surface area contributed by atoms with Gasteiger partial charge in [0.05, 0.1) is 37.2 Å². The number of benzene rings is 5. The van der Waals surface area contributed by atoms with Crippen molar-refractivity contribution in [3.05, 3.63) is 130 Å². The number of ether oxygens (including phenoxy) is 4. The fourth-order valence-electron chi connectivity index (χ4n) is 9.12. The van der Waals surface area contributed by atoms with Crippen LogP contribution >= 0.6 is 0 Å². The number of Topliss-reactive ketones (excluding diaryl/α,β-unsaturated/α-hetero) is 1. The number of fused-ring (bicyclic) bond motifs is 5. The molecule has 71 heavy (non-hydrogen) atoms. The lowest BCUT2D eigenvalue weighted by atomic mass is 10.0. The Morgan fingerprint density at radius 3 is 2.07 bits per heavy atom. The number of nitrogens with zero attached hydrogens (tertiary/aromatic N) is 4. The number of aliphatic hydroxyl groups is 1. The standard InChI is InChI=1S/C54H57N7O10/c1-30-18-36-12-8-10-14-44(36)60(30)53(66)40-23-46(68-6)48(25-42(40)55-5)70-28-34-19-35(21-38(20-34)52(65)59-33(4)51(64)58-32(3)50(63)56-17-16-31(2)62)29-71-49-26-43-41(24-47(49)69-7)54(67)61-39(27-57-43)22-37-13-9-11-15-45(37)61/h8-15,19-21,23-27,30,32-33,39,54,67H,5,16-18,22,28-29H2,1-4,6-7H3,(H,56,63)(H,58,64)(H,59,65)/t30-,32+,33+,39+,54?/m1/s1. The highest BCUT2D eigenvalue weighted by Crippen LogP contribution is 2.45. The van der Waals surface area contributed by atoms with Crippen LogP contribution in [0.2, 0.25) is 0 Å². The Hall–Kier alpha value is -8.05. The Morgan fingerprint density at radius 1 is 0.789 bits per heavy atom. The van der Waals surface area contributed by atoms with Crippen LogP contribution in [0.3, 0.4) is 0 Å². The number of anilines is 2. The monoisotopic (exact) mass is 963 g/mol. The summed E-state index contributed by atoms with van der Waals surface area (Å²) in [7, 11) is 2.97. The van der Waals surface area contributed by atoms with Crippen molar-refractivity contribution in [2.24, 2.45) is 9.98 Å². The van der Waals surface area contributed by atoms with Gasteiger partial charge in [-0.15, -0.1) is 0 Å². The van der Waals surface area contributed by atoms with Crippen LogP contribution in [0.5, 0.6) is 23.0 Å². The number of carbonyl (C=O) groups excluding carboxylic acids is 5. The highest BCUT2D eigenvalue weighted by Gasteiger charge is 2.37. The Bertz CT molecular complexity index is 2940. The normalized spacial score (nSPS) is 17.0. The smallest absolute Gasteiger partial charge is 0.260 e. The summed E-state index contributed by atoms with van der Waals surface area (Å²) in [4.78, 5) is 77.9. The van der Waals surface area contributed by atoms with E-state index in [2.05, 4.69) is 27.7 Å². The molecule has 8 rings (SSSR count). The second kappa shape index (κ2) is 21.3. The molecule has 4 N–H and O–H groups in total. The molecule has 3 heterocycles. The molecule has 4 amide bonds. The maximum atomic E-state index is 14.2. The predicted octanol–water partition coefficient (Wildman–Crippen LogP) is 6.64. The van der Waals surface area contributed by atoms with Gasteiger partial charge < -0.3 is 49.8 Å². The van der Waals surface area contributed by atoms with Gasteiger partial charge >= 0.3 is 0 Å². The molecule has 0 aliphatic carbocycles. The number of carbonyl (C=O) groups is 5. The average Bonchev–Trinajstić information content (AvgIpc) is 3.88. The molecular formula is C54H57N7O10. The van der Waals surface area contributed by atoms with Crippen molar-refractivity contribution >= 4 is 65.1 Å². The Labute approximate surface area is 411 Å². The van der Waals surface area contributed by atoms with E-state index in [0.29, 0.717) is 46.7 Å². The Kier molecular flexibility index (Phi) is 14.8. The van der Waals surface area contributed by atoms with E-state index < -0.39 is 36.0 Å². The number of hydrogen-bond acceptors (Lipinski definition) is 13. The van der Waals surface area contributed by atoms with Crippen LogP contribution in [-0.4, -0.2) is 92.4 Å². The van der Waals surface area contributed by atoms with Gasteiger partial charge in [-0.05, 0) is 106 Å². The van der Waals surface area contributed by atoms with Gasteiger partial charge in [0, 0.05) is 66.3 Å². The summed E-state index contributed by atoms with van der Waals surface area (Å²) in [6.07, 6.45) is 2.39. The maximum absolute atomic E-state index is 14.2. The zero-order valence-corrected chi connectivity index (χ0v) is 40.5. The Balaban J connectivity index is 1.04. The minimum atomic E-state index is -1.06. The topological polar surface area (TPSA) is 210 Å². The SMILES string of the molecule is C=Nc1cc(OCc2cc(COc3cc4c(cc3OC)C(O)N3c5ccccc5C[C@H]3C=N4)cc(C(=O)N[C@@H](C)C(=O)N[C@@H](C)C(=O)NCCC(C)=O)c2)c(OC)cc1C(=O)N1c2ccccc2C[C@H]1C. The highest BCUT2D eigenvalue weighted by molar-refractivity contribution is 6.11. The van der Waals surface area contributed by atoms with Gasteiger partial charge in [-0.1, -0.05) is 36.4 Å². The van der Waals surface area contributed by atoms with Crippen molar-refractivity contribution in [1.29, 1.82) is 0 Å². The van der Waals surface area contributed by atoms with Crippen molar-refractivity contribution in [2.45, 2.75) is 90.6 Å². The number of ketones is 1. The van der Waals surface area contributed by atoms with Crippen LogP contribution in [0.4, 0.5) is 22.7 Å². The molecule has 0 radical (unpaired) electrons. The Morgan fingerprint density at radius 2 is 1.41 bits per heavy atom. The maximum Gasteiger partial charge on any atom is 0.260 e. The van der Waals surface area contributed by atoms with Gasteiger partial charge in [-0.2, -0.15) is 0 Å². The van der Waals surface area contributed by atoms with E-state index in [1.54, 1.807) is 47.4 Å². The lowest BCUT2D eigenvalue weighted by Gasteiger charge is -2.29. The summed E-state index contributed by atoms with van der Waals surface area (Å²) < 4.78 is 24.3. The third-order valence-corrected chi connectivity index (χ3v) is 12.8. The van der Waals surface area contributed by atoms with E-state index in [4.69, 9.17) is 23.9 Å². The van der Waals surface area contributed by atoms with Crippen LogP contribution in [0, 0.1) is 0 Å². The molecule has 0 bridgehead atoms. The summed E-state index contributed by atoms with van der Waals surface area (Å²) >= 11 is 0. The van der Waals surface area contributed by atoms with E-state index in [0.717, 1.165) is 22.5 Å².